The number of amides is 3. The predicted molar refractivity (Wildman–Crippen MR) is 181 cm³/mol. The molecule has 3 amide bonds. The number of carbonyl (C=O) groups is 3. The summed E-state index contributed by atoms with van der Waals surface area (Å²) in [4.78, 5) is 40.1. The maximum atomic E-state index is 13.4. The van der Waals surface area contributed by atoms with Crippen molar-refractivity contribution in [2.75, 3.05) is 24.9 Å². The molecule has 4 rings (SSSR count). The van der Waals surface area contributed by atoms with Gasteiger partial charge in [0.1, 0.15) is 17.2 Å². The topological polar surface area (TPSA) is 106 Å². The first-order valence-electron chi connectivity index (χ1n) is 14.5. The lowest BCUT2D eigenvalue weighted by atomic mass is 10.0. The fourth-order valence-electron chi connectivity index (χ4n) is 4.30. The van der Waals surface area contributed by atoms with Gasteiger partial charge in [-0.15, -0.1) is 11.8 Å². The predicted octanol–water partition coefficient (Wildman–Crippen LogP) is 7.36. The molecule has 3 N–H and O–H groups in total. The van der Waals surface area contributed by atoms with Gasteiger partial charge >= 0.3 is 0 Å². The van der Waals surface area contributed by atoms with Gasteiger partial charge in [-0.25, -0.2) is 0 Å². The van der Waals surface area contributed by atoms with Gasteiger partial charge in [0.05, 0.1) is 25.2 Å². The molecule has 4 aromatic carbocycles. The van der Waals surface area contributed by atoms with E-state index >= 15 is 0 Å². The lowest BCUT2D eigenvalue weighted by Crippen LogP contribution is -2.30. The summed E-state index contributed by atoms with van der Waals surface area (Å²) >= 11 is 1.38. The van der Waals surface area contributed by atoms with Crippen molar-refractivity contribution in [1.82, 2.24) is 5.32 Å². The first-order valence-corrected chi connectivity index (χ1v) is 15.3. The summed E-state index contributed by atoms with van der Waals surface area (Å²) in [5.41, 5.74) is 3.60. The Hall–Kier alpha value is -5.02. The lowest BCUT2D eigenvalue weighted by Gasteiger charge is -2.15. The fourth-order valence-corrected chi connectivity index (χ4v) is 5.16. The molecule has 0 spiro atoms. The van der Waals surface area contributed by atoms with E-state index in [1.54, 1.807) is 67.8 Å². The number of ether oxygens (including phenoxy) is 2. The van der Waals surface area contributed by atoms with Crippen LogP contribution in [-0.2, 0) is 9.59 Å². The Labute approximate surface area is 268 Å². The van der Waals surface area contributed by atoms with Gasteiger partial charge in [-0.1, -0.05) is 56.3 Å². The largest absolute Gasteiger partial charge is 0.497 e. The van der Waals surface area contributed by atoms with E-state index in [9.17, 15) is 14.4 Å². The molecule has 232 valence electrons. The zero-order valence-corrected chi connectivity index (χ0v) is 26.7. The summed E-state index contributed by atoms with van der Waals surface area (Å²) in [6.07, 6.45) is 1.66. The second-order valence-corrected chi connectivity index (χ2v) is 11.9. The molecule has 0 aliphatic rings. The summed E-state index contributed by atoms with van der Waals surface area (Å²) < 4.78 is 10.6. The monoisotopic (exact) mass is 623 g/mol. The van der Waals surface area contributed by atoms with Gasteiger partial charge in [-0.05, 0) is 78.6 Å². The van der Waals surface area contributed by atoms with Crippen LogP contribution in [0.1, 0.15) is 48.2 Å². The number of carbonyl (C=O) groups excluding carboxylic acids is 3. The van der Waals surface area contributed by atoms with Crippen LogP contribution >= 0.6 is 11.8 Å². The average molecular weight is 624 g/mol. The third-order valence-corrected chi connectivity index (χ3v) is 8.02. The van der Waals surface area contributed by atoms with Gasteiger partial charge in [0.2, 0.25) is 5.91 Å². The highest BCUT2D eigenvalue weighted by Gasteiger charge is 2.18. The Kier molecular flexibility index (Phi) is 11.4. The molecule has 0 bridgehead atoms. The van der Waals surface area contributed by atoms with Crippen molar-refractivity contribution in [2.24, 2.45) is 0 Å². The van der Waals surface area contributed by atoms with Crippen LogP contribution in [0.5, 0.6) is 11.5 Å². The van der Waals surface area contributed by atoms with Crippen molar-refractivity contribution in [3.05, 3.63) is 119 Å². The molecule has 1 unspecified atom stereocenters. The highest BCUT2D eigenvalue weighted by Crippen LogP contribution is 2.31. The van der Waals surface area contributed by atoms with E-state index in [-0.39, 0.29) is 17.5 Å². The molecule has 0 aliphatic carbocycles. The Morgan fingerprint density at radius 3 is 2.09 bits per heavy atom. The van der Waals surface area contributed by atoms with Crippen molar-refractivity contribution in [2.45, 2.75) is 36.8 Å². The molecule has 1 atom stereocenters. The Balaban J connectivity index is 1.44. The van der Waals surface area contributed by atoms with Crippen LogP contribution in [0, 0.1) is 0 Å². The van der Waals surface area contributed by atoms with Gasteiger partial charge in [-0.3, -0.25) is 14.4 Å². The first-order chi connectivity index (χ1) is 21.7. The molecule has 0 radical (unpaired) electrons. The van der Waals surface area contributed by atoms with Gasteiger partial charge in [0.15, 0.2) is 0 Å². The second-order valence-electron chi connectivity index (χ2n) is 10.5. The number of benzene rings is 4. The van der Waals surface area contributed by atoms with Crippen molar-refractivity contribution >= 4 is 46.9 Å². The number of hydrogen-bond acceptors (Lipinski definition) is 6. The Morgan fingerprint density at radius 1 is 0.778 bits per heavy atom. The summed E-state index contributed by atoms with van der Waals surface area (Å²) in [5, 5.41) is 8.13. The van der Waals surface area contributed by atoms with Gasteiger partial charge in [0.25, 0.3) is 11.8 Å². The third-order valence-electron chi connectivity index (χ3n) is 6.90. The average Bonchev–Trinajstić information content (AvgIpc) is 3.06. The molecule has 0 saturated carbocycles. The third kappa shape index (κ3) is 9.23. The van der Waals surface area contributed by atoms with E-state index < -0.39 is 11.2 Å². The minimum absolute atomic E-state index is 0.110. The highest BCUT2D eigenvalue weighted by molar-refractivity contribution is 8.00. The minimum Gasteiger partial charge on any atom is -0.497 e. The molecule has 4 aromatic rings. The van der Waals surface area contributed by atoms with Crippen molar-refractivity contribution in [3.8, 4) is 11.5 Å². The van der Waals surface area contributed by atoms with Crippen LogP contribution in [0.2, 0.25) is 0 Å². The molecule has 9 heteroatoms. The number of nitrogens with one attached hydrogen (secondary N) is 3. The smallest absolute Gasteiger partial charge is 0.272 e. The van der Waals surface area contributed by atoms with Crippen LogP contribution in [0.25, 0.3) is 6.08 Å². The van der Waals surface area contributed by atoms with Crippen LogP contribution in [0.4, 0.5) is 11.4 Å². The van der Waals surface area contributed by atoms with Crippen molar-refractivity contribution < 1.29 is 23.9 Å². The maximum absolute atomic E-state index is 13.4. The molecular formula is C36H37N3O5S. The Bertz CT molecular complexity index is 1650. The fraction of sp³-hybridized carbons (Fsp3) is 0.194. The van der Waals surface area contributed by atoms with E-state index in [0.717, 1.165) is 10.5 Å². The Morgan fingerprint density at radius 2 is 1.47 bits per heavy atom. The molecular weight excluding hydrogens is 586 g/mol. The molecule has 8 nitrogen and oxygen atoms in total. The van der Waals surface area contributed by atoms with E-state index in [2.05, 4.69) is 29.8 Å². The molecule has 0 aliphatic heterocycles. The minimum atomic E-state index is -0.464. The van der Waals surface area contributed by atoms with Crippen LogP contribution in [0.3, 0.4) is 0 Å². The summed E-state index contributed by atoms with van der Waals surface area (Å²) in [7, 11) is 3.09. The number of hydrogen-bond donors (Lipinski definition) is 3. The van der Waals surface area contributed by atoms with Crippen molar-refractivity contribution in [1.29, 1.82) is 0 Å². The van der Waals surface area contributed by atoms with Gasteiger partial charge in [-0.2, -0.15) is 0 Å². The molecule has 0 saturated heterocycles. The summed E-state index contributed by atoms with van der Waals surface area (Å²) in [5.74, 6) is 0.461. The van der Waals surface area contributed by atoms with Crippen LogP contribution in [0.15, 0.2) is 108 Å². The number of methoxy groups -OCH3 is 2. The lowest BCUT2D eigenvalue weighted by molar-refractivity contribution is -0.115. The second kappa shape index (κ2) is 15.6. The van der Waals surface area contributed by atoms with Crippen molar-refractivity contribution in [3.63, 3.8) is 0 Å². The number of anilines is 2. The van der Waals surface area contributed by atoms with Crippen LogP contribution in [-0.4, -0.2) is 37.2 Å². The van der Waals surface area contributed by atoms with Gasteiger partial charge in [0, 0.05) is 22.2 Å². The molecule has 0 aromatic heterocycles. The highest BCUT2D eigenvalue weighted by atomic mass is 32.2. The standard InChI is InChI=1S/C36H37N3O5S/c1-23(2)26-13-11-25(12-14-26)21-32(39-35(41)27-9-7-6-8-10-27)36(42)37-28-15-18-30(19-16-28)45-24(3)34(40)38-31-20-17-29(43-4)22-33(31)44-5/h6-24H,1-5H3,(H,37,42)(H,38,40)(H,39,41)/b32-21-. The maximum Gasteiger partial charge on any atom is 0.272 e. The number of rotatable bonds is 12. The normalized spacial score (nSPS) is 11.8. The van der Waals surface area contributed by atoms with E-state index in [1.165, 1.54) is 24.4 Å². The SMILES string of the molecule is COc1ccc(NC(=O)C(C)Sc2ccc(NC(=O)/C(=C/c3ccc(C(C)C)cc3)NC(=O)c3ccccc3)cc2)c(OC)c1. The summed E-state index contributed by atoms with van der Waals surface area (Å²) in [6, 6.07) is 28.9. The number of thioether (sulfide) groups is 1. The van der Waals surface area contributed by atoms with E-state index in [0.29, 0.717) is 34.4 Å². The van der Waals surface area contributed by atoms with Gasteiger partial charge < -0.3 is 25.4 Å². The molecule has 0 heterocycles. The summed E-state index contributed by atoms with van der Waals surface area (Å²) in [6.45, 7) is 6.04. The molecule has 0 fully saturated rings. The first kappa shape index (κ1) is 32.9. The molecule has 45 heavy (non-hydrogen) atoms. The quantitative estimate of drug-likeness (QED) is 0.113. The van der Waals surface area contributed by atoms with E-state index in [4.69, 9.17) is 9.47 Å². The zero-order chi connectivity index (χ0) is 32.3. The zero-order valence-electron chi connectivity index (χ0n) is 25.9. The van der Waals surface area contributed by atoms with Crippen LogP contribution < -0.4 is 25.4 Å². The van der Waals surface area contributed by atoms with E-state index in [1.807, 2.05) is 49.4 Å².